The van der Waals surface area contributed by atoms with E-state index >= 15 is 0 Å². The smallest absolute Gasteiger partial charge is 0.0408 e. The van der Waals surface area contributed by atoms with E-state index in [9.17, 15) is 0 Å². The van der Waals surface area contributed by atoms with Crippen molar-refractivity contribution in [2.45, 2.75) is 32.4 Å². The molecule has 2 unspecified atom stereocenters. The first kappa shape index (κ1) is 17.0. The quantitative estimate of drug-likeness (QED) is 0.599. The topological polar surface area (TPSA) is 12.0 Å². The van der Waals surface area contributed by atoms with E-state index in [1.807, 2.05) is 18.2 Å². The van der Waals surface area contributed by atoms with Gasteiger partial charge in [0.25, 0.3) is 0 Å². The molecule has 0 spiro atoms. The third-order valence-electron chi connectivity index (χ3n) is 3.39. The Hall–Kier alpha value is -0.350. The number of hydrogen-bond donors (Lipinski definition) is 1. The van der Waals surface area contributed by atoms with Crippen molar-refractivity contribution >= 4 is 43.5 Å². The summed E-state index contributed by atoms with van der Waals surface area (Å²) < 4.78 is 2.20. The van der Waals surface area contributed by atoms with Gasteiger partial charge in [-0.05, 0) is 55.7 Å². The van der Waals surface area contributed by atoms with Crippen LogP contribution in [0.1, 0.15) is 31.0 Å². The van der Waals surface area contributed by atoms with E-state index in [0.29, 0.717) is 6.04 Å². The molecule has 1 N–H and O–H groups in total. The Labute approximate surface area is 148 Å². The van der Waals surface area contributed by atoms with Gasteiger partial charge >= 0.3 is 0 Å². The molecular weight excluding hydrogens is 413 g/mol. The minimum Gasteiger partial charge on any atom is -0.307 e. The van der Waals surface area contributed by atoms with Gasteiger partial charge in [0.05, 0.1) is 0 Å². The molecule has 4 heteroatoms. The van der Waals surface area contributed by atoms with Gasteiger partial charge in [0.15, 0.2) is 0 Å². The van der Waals surface area contributed by atoms with Crippen molar-refractivity contribution in [1.82, 2.24) is 5.32 Å². The number of benzene rings is 2. The fourth-order valence-electron chi connectivity index (χ4n) is 2.45. The van der Waals surface area contributed by atoms with Gasteiger partial charge < -0.3 is 5.32 Å². The van der Waals surface area contributed by atoms with E-state index in [2.05, 4.69) is 75.3 Å². The maximum Gasteiger partial charge on any atom is 0.0408 e. The summed E-state index contributed by atoms with van der Waals surface area (Å²) in [5, 5.41) is 4.43. The first-order valence-corrected chi connectivity index (χ1v) is 8.87. The van der Waals surface area contributed by atoms with Gasteiger partial charge in [-0.3, -0.25) is 0 Å². The van der Waals surface area contributed by atoms with Gasteiger partial charge in [-0.2, -0.15) is 0 Å². The summed E-state index contributed by atoms with van der Waals surface area (Å²) in [7, 11) is 0. The number of nitrogens with one attached hydrogen (secondary N) is 1. The molecule has 2 aromatic carbocycles. The summed E-state index contributed by atoms with van der Waals surface area (Å²) in [5.41, 5.74) is 2.51. The third kappa shape index (κ3) is 5.10. The van der Waals surface area contributed by atoms with Crippen molar-refractivity contribution in [3.05, 3.63) is 67.6 Å². The molecule has 0 aliphatic rings. The van der Waals surface area contributed by atoms with Crippen LogP contribution in [0.25, 0.3) is 0 Å². The van der Waals surface area contributed by atoms with E-state index in [1.165, 1.54) is 11.1 Å². The summed E-state index contributed by atoms with van der Waals surface area (Å²) in [6.45, 7) is 4.38. The fraction of sp³-hybridized carbons (Fsp3) is 0.294. The van der Waals surface area contributed by atoms with E-state index in [4.69, 9.17) is 11.6 Å². The Morgan fingerprint density at radius 3 is 2.52 bits per heavy atom. The van der Waals surface area contributed by atoms with Crippen LogP contribution >= 0.6 is 43.5 Å². The molecule has 2 rings (SSSR count). The van der Waals surface area contributed by atoms with Gasteiger partial charge in [-0.15, -0.1) is 0 Å². The number of rotatable bonds is 5. The molecule has 0 aliphatic carbocycles. The molecule has 112 valence electrons. The van der Waals surface area contributed by atoms with E-state index in [-0.39, 0.29) is 6.04 Å². The molecule has 0 heterocycles. The lowest BCUT2D eigenvalue weighted by Crippen LogP contribution is -2.30. The highest BCUT2D eigenvalue weighted by atomic mass is 79.9. The first-order valence-electron chi connectivity index (χ1n) is 6.91. The lowest BCUT2D eigenvalue weighted by molar-refractivity contribution is 0.476. The highest BCUT2D eigenvalue weighted by Crippen LogP contribution is 2.27. The minimum absolute atomic E-state index is 0.279. The maximum absolute atomic E-state index is 6.03. The van der Waals surface area contributed by atoms with Crippen molar-refractivity contribution in [1.29, 1.82) is 0 Å². The second-order valence-corrected chi connectivity index (χ2v) is 7.50. The summed E-state index contributed by atoms with van der Waals surface area (Å²) in [6, 6.07) is 15.0. The van der Waals surface area contributed by atoms with Gasteiger partial charge in [-0.25, -0.2) is 0 Å². The van der Waals surface area contributed by atoms with Gasteiger partial charge in [-0.1, -0.05) is 61.7 Å². The Morgan fingerprint density at radius 2 is 1.86 bits per heavy atom. The molecule has 0 radical (unpaired) electrons. The first-order chi connectivity index (χ1) is 9.95. The molecule has 0 aliphatic heterocycles. The van der Waals surface area contributed by atoms with Crippen LogP contribution in [0, 0.1) is 0 Å². The predicted octanol–water partition coefficient (Wildman–Crippen LogP) is 6.15. The molecule has 0 saturated carbocycles. The van der Waals surface area contributed by atoms with Crippen molar-refractivity contribution in [3.8, 4) is 0 Å². The van der Waals surface area contributed by atoms with Crippen LogP contribution in [-0.2, 0) is 6.42 Å². The van der Waals surface area contributed by atoms with Crippen molar-refractivity contribution < 1.29 is 0 Å². The molecular formula is C17H18Br2ClN. The predicted molar refractivity (Wildman–Crippen MR) is 98.0 cm³/mol. The van der Waals surface area contributed by atoms with Crippen LogP contribution in [0.15, 0.2) is 51.4 Å². The maximum atomic E-state index is 6.03. The lowest BCUT2D eigenvalue weighted by atomic mass is 10.0. The summed E-state index contributed by atoms with van der Waals surface area (Å²) >= 11 is 13.1. The van der Waals surface area contributed by atoms with Crippen LogP contribution in [0.5, 0.6) is 0 Å². The molecule has 0 fully saturated rings. The highest BCUT2D eigenvalue weighted by Gasteiger charge is 2.13. The standard InChI is InChI=1S/C17H18Br2ClN/c1-11(8-13-4-3-5-15(20)9-13)21-12(2)16-7-6-14(18)10-17(16)19/h3-7,9-12,21H,8H2,1-2H3. The zero-order chi connectivity index (χ0) is 15.4. The largest absolute Gasteiger partial charge is 0.307 e. The SMILES string of the molecule is CC(Cc1cccc(Cl)c1)NC(C)c1ccc(Br)cc1Br. The highest BCUT2D eigenvalue weighted by molar-refractivity contribution is 9.11. The van der Waals surface area contributed by atoms with Crippen LogP contribution < -0.4 is 5.32 Å². The van der Waals surface area contributed by atoms with E-state index in [1.54, 1.807) is 0 Å². The molecule has 2 atom stereocenters. The van der Waals surface area contributed by atoms with Crippen molar-refractivity contribution in [3.63, 3.8) is 0 Å². The molecule has 21 heavy (non-hydrogen) atoms. The normalized spacial score (nSPS) is 14.0. The number of halogens is 3. The second-order valence-electron chi connectivity index (χ2n) is 5.29. The Balaban J connectivity index is 2.00. The van der Waals surface area contributed by atoms with Crippen LogP contribution in [0.2, 0.25) is 5.02 Å². The van der Waals surface area contributed by atoms with Crippen LogP contribution in [-0.4, -0.2) is 6.04 Å². The molecule has 0 saturated heterocycles. The van der Waals surface area contributed by atoms with E-state index < -0.39 is 0 Å². The zero-order valence-corrected chi connectivity index (χ0v) is 16.0. The Kier molecular flexibility index (Phi) is 6.30. The van der Waals surface area contributed by atoms with E-state index in [0.717, 1.165) is 20.4 Å². The molecule has 1 nitrogen and oxygen atoms in total. The summed E-state index contributed by atoms with van der Waals surface area (Å²) in [5.74, 6) is 0. The molecule has 0 aromatic heterocycles. The van der Waals surface area contributed by atoms with Crippen molar-refractivity contribution in [2.24, 2.45) is 0 Å². The molecule has 0 bridgehead atoms. The summed E-state index contributed by atoms with van der Waals surface area (Å²) in [4.78, 5) is 0. The van der Waals surface area contributed by atoms with Crippen LogP contribution in [0.3, 0.4) is 0 Å². The zero-order valence-electron chi connectivity index (χ0n) is 12.0. The monoisotopic (exact) mass is 429 g/mol. The average Bonchev–Trinajstić information content (AvgIpc) is 2.38. The third-order valence-corrected chi connectivity index (χ3v) is 4.81. The lowest BCUT2D eigenvalue weighted by Gasteiger charge is -2.21. The molecule has 0 amide bonds. The number of hydrogen-bond acceptors (Lipinski definition) is 1. The average molecular weight is 432 g/mol. The van der Waals surface area contributed by atoms with Crippen molar-refractivity contribution in [2.75, 3.05) is 0 Å². The minimum atomic E-state index is 0.279. The van der Waals surface area contributed by atoms with Crippen LogP contribution in [0.4, 0.5) is 0 Å². The second kappa shape index (κ2) is 7.77. The fourth-order valence-corrected chi connectivity index (χ4v) is 4.05. The van der Waals surface area contributed by atoms with Gasteiger partial charge in [0.1, 0.15) is 0 Å². The summed E-state index contributed by atoms with van der Waals surface area (Å²) in [6.07, 6.45) is 0.957. The Morgan fingerprint density at radius 1 is 1.10 bits per heavy atom. The Bertz CT molecular complexity index is 615. The van der Waals surface area contributed by atoms with Gasteiger partial charge in [0, 0.05) is 26.1 Å². The molecule has 2 aromatic rings. The van der Waals surface area contributed by atoms with Gasteiger partial charge in [0.2, 0.25) is 0 Å².